The van der Waals surface area contributed by atoms with Crippen LogP contribution in [0.15, 0.2) is 12.2 Å². The van der Waals surface area contributed by atoms with Crippen LogP contribution >= 0.6 is 0 Å². The first-order valence-corrected chi connectivity index (χ1v) is 4.59. The number of allylic oxidation sites excluding steroid dienone is 2. The van der Waals surface area contributed by atoms with Gasteiger partial charge < -0.3 is 4.79 Å². The number of carbonyl (C=O) groups is 1. The van der Waals surface area contributed by atoms with Gasteiger partial charge in [-0.3, -0.25) is 0 Å². The molecule has 0 aromatic rings. The molecule has 0 unspecified atom stereocenters. The van der Waals surface area contributed by atoms with E-state index in [0.29, 0.717) is 6.42 Å². The first-order valence-electron chi connectivity index (χ1n) is 4.59. The number of hydrogen-bond acceptors (Lipinski definition) is 1. The van der Waals surface area contributed by atoms with Gasteiger partial charge in [-0.05, 0) is 40.2 Å². The normalized spacial score (nSPS) is 11.1. The van der Waals surface area contributed by atoms with Crippen molar-refractivity contribution in [2.24, 2.45) is 5.41 Å². The van der Waals surface area contributed by atoms with Crippen molar-refractivity contribution >= 4 is 5.78 Å². The van der Waals surface area contributed by atoms with Crippen molar-refractivity contribution < 1.29 is 4.79 Å². The summed E-state index contributed by atoms with van der Waals surface area (Å²) in [5.74, 6) is 6.28. The van der Waals surface area contributed by atoms with Crippen LogP contribution in [0.25, 0.3) is 0 Å². The second-order valence-corrected chi connectivity index (χ2v) is 4.16. The Morgan fingerprint density at radius 1 is 1.38 bits per heavy atom. The van der Waals surface area contributed by atoms with Crippen molar-refractivity contribution in [2.45, 2.75) is 40.5 Å². The van der Waals surface area contributed by atoms with Gasteiger partial charge in [0.25, 0.3) is 0 Å². The lowest BCUT2D eigenvalue weighted by molar-refractivity contribution is -0.116. The molecule has 72 valence electrons. The molecule has 0 bridgehead atoms. The molecule has 1 heteroatoms. The molecule has 0 saturated heterocycles. The van der Waals surface area contributed by atoms with E-state index in [9.17, 15) is 4.79 Å². The third kappa shape index (κ3) is 11.0. The molecular formula is C12H18O. The van der Waals surface area contributed by atoms with Gasteiger partial charge in [-0.25, -0.2) is 0 Å². The van der Waals surface area contributed by atoms with Crippen molar-refractivity contribution in [1.29, 1.82) is 0 Å². The Bertz CT molecular complexity index is 243. The Labute approximate surface area is 81.2 Å². The van der Waals surface area contributed by atoms with Gasteiger partial charge in [0.05, 0.1) is 0 Å². The molecule has 0 aliphatic rings. The monoisotopic (exact) mass is 178 g/mol. The highest BCUT2D eigenvalue weighted by atomic mass is 16.1. The summed E-state index contributed by atoms with van der Waals surface area (Å²) in [5, 5.41) is 0. The Kier molecular flexibility index (Phi) is 5.14. The van der Waals surface area contributed by atoms with Crippen LogP contribution in [0.5, 0.6) is 0 Å². The van der Waals surface area contributed by atoms with Gasteiger partial charge in [0.1, 0.15) is 5.78 Å². The van der Waals surface area contributed by atoms with Crippen molar-refractivity contribution in [2.75, 3.05) is 0 Å². The maximum atomic E-state index is 10.6. The largest absolute Gasteiger partial charge is 0.300 e. The second-order valence-electron chi connectivity index (χ2n) is 4.16. The van der Waals surface area contributed by atoms with Crippen LogP contribution in [-0.4, -0.2) is 5.78 Å². The maximum Gasteiger partial charge on any atom is 0.130 e. The summed E-state index contributed by atoms with van der Waals surface area (Å²) in [4.78, 5) is 10.6. The molecule has 0 N–H and O–H groups in total. The smallest absolute Gasteiger partial charge is 0.130 e. The fraction of sp³-hybridized carbons (Fsp3) is 0.583. The molecule has 13 heavy (non-hydrogen) atoms. The van der Waals surface area contributed by atoms with Gasteiger partial charge in [-0.15, -0.1) is 0 Å². The van der Waals surface area contributed by atoms with Crippen molar-refractivity contribution in [3.63, 3.8) is 0 Å². The highest BCUT2D eigenvalue weighted by molar-refractivity contribution is 5.75. The fourth-order valence-corrected chi connectivity index (χ4v) is 0.687. The van der Waals surface area contributed by atoms with E-state index >= 15 is 0 Å². The Morgan fingerprint density at radius 2 is 2.00 bits per heavy atom. The lowest BCUT2D eigenvalue weighted by Crippen LogP contribution is -1.98. The van der Waals surface area contributed by atoms with E-state index in [-0.39, 0.29) is 11.2 Å². The zero-order valence-corrected chi connectivity index (χ0v) is 8.98. The molecule has 0 heterocycles. The van der Waals surface area contributed by atoms with Crippen molar-refractivity contribution in [3.05, 3.63) is 12.2 Å². The SMILES string of the molecule is CC(=O)CC/C=C/C#CC(C)(C)C. The maximum absolute atomic E-state index is 10.6. The molecule has 0 aromatic heterocycles. The number of rotatable bonds is 3. The molecule has 0 fully saturated rings. The van der Waals surface area contributed by atoms with E-state index in [2.05, 4.69) is 32.6 Å². The fourth-order valence-electron chi connectivity index (χ4n) is 0.687. The van der Waals surface area contributed by atoms with Crippen LogP contribution in [-0.2, 0) is 4.79 Å². The summed E-state index contributed by atoms with van der Waals surface area (Å²) in [6.07, 6.45) is 5.19. The standard InChI is InChI=1S/C12H18O/c1-11(13)9-7-5-6-8-10-12(2,3)4/h5-6H,7,9H2,1-4H3/b6-5+. The third-order valence-corrected chi connectivity index (χ3v) is 1.31. The highest BCUT2D eigenvalue weighted by Crippen LogP contribution is 2.09. The Morgan fingerprint density at radius 3 is 2.46 bits per heavy atom. The summed E-state index contributed by atoms with van der Waals surface area (Å²) < 4.78 is 0. The molecule has 0 aliphatic carbocycles. The van der Waals surface area contributed by atoms with Crippen molar-refractivity contribution in [1.82, 2.24) is 0 Å². The van der Waals surface area contributed by atoms with Crippen molar-refractivity contribution in [3.8, 4) is 11.8 Å². The number of Topliss-reactive ketones (excluding diaryl/α,β-unsaturated/α-hetero) is 1. The summed E-state index contributed by atoms with van der Waals surface area (Å²) >= 11 is 0. The minimum absolute atomic E-state index is 0.0604. The summed E-state index contributed by atoms with van der Waals surface area (Å²) in [5.41, 5.74) is 0.0604. The summed E-state index contributed by atoms with van der Waals surface area (Å²) in [6, 6.07) is 0. The first kappa shape index (κ1) is 12.0. The number of ketones is 1. The Hall–Kier alpha value is -1.03. The molecule has 0 atom stereocenters. The van der Waals surface area contributed by atoms with Gasteiger partial charge in [0.15, 0.2) is 0 Å². The predicted octanol–water partition coefficient (Wildman–Crippen LogP) is 2.96. The van der Waals surface area contributed by atoms with E-state index < -0.39 is 0 Å². The van der Waals surface area contributed by atoms with Crippen LogP contribution in [0.2, 0.25) is 0 Å². The molecule has 0 aliphatic heterocycles. The van der Waals surface area contributed by atoms with Crippen LogP contribution in [0.1, 0.15) is 40.5 Å². The molecule has 1 nitrogen and oxygen atoms in total. The van der Waals surface area contributed by atoms with Gasteiger partial charge in [-0.1, -0.05) is 17.9 Å². The van der Waals surface area contributed by atoms with Gasteiger partial charge in [0.2, 0.25) is 0 Å². The van der Waals surface area contributed by atoms with Gasteiger partial charge >= 0.3 is 0 Å². The lowest BCUT2D eigenvalue weighted by atomic mass is 9.98. The predicted molar refractivity (Wildman–Crippen MR) is 56.3 cm³/mol. The third-order valence-electron chi connectivity index (χ3n) is 1.31. The van der Waals surface area contributed by atoms with Crippen LogP contribution in [0.3, 0.4) is 0 Å². The lowest BCUT2D eigenvalue weighted by Gasteiger charge is -2.05. The molecule has 0 radical (unpaired) electrons. The minimum atomic E-state index is 0.0604. The minimum Gasteiger partial charge on any atom is -0.300 e. The molecule has 0 saturated carbocycles. The van der Waals surface area contributed by atoms with E-state index in [0.717, 1.165) is 6.42 Å². The molecular weight excluding hydrogens is 160 g/mol. The topological polar surface area (TPSA) is 17.1 Å². The number of hydrogen-bond donors (Lipinski definition) is 0. The average Bonchev–Trinajstić information content (AvgIpc) is 1.93. The zero-order chi connectivity index (χ0) is 10.3. The van der Waals surface area contributed by atoms with Crippen LogP contribution < -0.4 is 0 Å². The van der Waals surface area contributed by atoms with E-state index in [1.54, 1.807) is 6.92 Å². The summed E-state index contributed by atoms with van der Waals surface area (Å²) in [6.45, 7) is 7.82. The Balaban J connectivity index is 3.74. The average molecular weight is 178 g/mol. The second kappa shape index (κ2) is 5.59. The van der Waals surface area contributed by atoms with E-state index in [1.165, 1.54) is 0 Å². The zero-order valence-electron chi connectivity index (χ0n) is 8.98. The molecule has 0 spiro atoms. The summed E-state index contributed by atoms with van der Waals surface area (Å²) in [7, 11) is 0. The molecule has 0 rings (SSSR count). The number of carbonyl (C=O) groups excluding carboxylic acids is 1. The van der Waals surface area contributed by atoms with E-state index in [1.807, 2.05) is 12.2 Å². The molecule has 0 aromatic carbocycles. The first-order chi connectivity index (χ1) is 5.92. The van der Waals surface area contributed by atoms with Gasteiger partial charge in [0, 0.05) is 11.8 Å². The van der Waals surface area contributed by atoms with Gasteiger partial charge in [-0.2, -0.15) is 0 Å². The quantitative estimate of drug-likeness (QED) is 0.607. The highest BCUT2D eigenvalue weighted by Gasteiger charge is 2.02. The molecule has 0 amide bonds. The van der Waals surface area contributed by atoms with Crippen LogP contribution in [0, 0.1) is 17.3 Å². The van der Waals surface area contributed by atoms with Crippen LogP contribution in [0.4, 0.5) is 0 Å². The van der Waals surface area contributed by atoms with E-state index in [4.69, 9.17) is 0 Å².